The summed E-state index contributed by atoms with van der Waals surface area (Å²) in [5.74, 6) is 0.721. The molecule has 1 aliphatic heterocycles. The second kappa shape index (κ2) is 3.61. The third kappa shape index (κ3) is 1.50. The van der Waals surface area contributed by atoms with Crippen LogP contribution in [0.15, 0.2) is 0 Å². The van der Waals surface area contributed by atoms with E-state index in [1.165, 1.54) is 24.2 Å². The molecule has 0 aromatic carbocycles. The van der Waals surface area contributed by atoms with E-state index >= 15 is 0 Å². The fourth-order valence-corrected chi connectivity index (χ4v) is 2.16. The molecule has 0 saturated carbocycles. The fraction of sp³-hybridized carbons (Fsp3) is 0.700. The van der Waals surface area contributed by atoms with Crippen molar-refractivity contribution >= 4 is 5.82 Å². The molecule has 14 heavy (non-hydrogen) atoms. The quantitative estimate of drug-likeness (QED) is 0.756. The topological polar surface area (TPSA) is 47.1 Å². The fourth-order valence-electron chi connectivity index (χ4n) is 2.16. The first-order valence-electron chi connectivity index (χ1n) is 5.25. The van der Waals surface area contributed by atoms with E-state index in [-0.39, 0.29) is 0 Å². The van der Waals surface area contributed by atoms with Crippen LogP contribution in [0.2, 0.25) is 0 Å². The number of rotatable bonds is 2. The van der Waals surface area contributed by atoms with Gasteiger partial charge >= 0.3 is 0 Å². The average Bonchev–Trinajstić information content (AvgIpc) is 2.43. The maximum Gasteiger partial charge on any atom is 0.149 e. The first-order valence-corrected chi connectivity index (χ1v) is 5.25. The largest absolute Gasteiger partial charge is 0.382 e. The molecule has 4 heteroatoms. The van der Waals surface area contributed by atoms with E-state index in [2.05, 4.69) is 16.9 Å². The molecule has 0 radical (unpaired) electrons. The Balaban J connectivity index is 2.21. The van der Waals surface area contributed by atoms with E-state index in [1.54, 1.807) is 0 Å². The predicted octanol–water partition coefficient (Wildman–Crippen LogP) is 0.770. The normalized spacial score (nSPS) is 17.0. The van der Waals surface area contributed by atoms with Crippen LogP contribution in [0.1, 0.15) is 24.6 Å². The number of hydrogen-bond donors (Lipinski definition) is 1. The molecule has 4 nitrogen and oxygen atoms in total. The van der Waals surface area contributed by atoms with Gasteiger partial charge < -0.3 is 5.73 Å². The van der Waals surface area contributed by atoms with Crippen LogP contribution in [0.25, 0.3) is 0 Å². The van der Waals surface area contributed by atoms with Crippen LogP contribution >= 0.6 is 0 Å². The Bertz CT molecular complexity index is 329. The van der Waals surface area contributed by atoms with E-state index in [0.717, 1.165) is 25.3 Å². The highest BCUT2D eigenvalue weighted by atomic mass is 15.3. The summed E-state index contributed by atoms with van der Waals surface area (Å²) in [6.45, 7) is 5.51. The van der Waals surface area contributed by atoms with Gasteiger partial charge in [-0.3, -0.25) is 9.58 Å². The van der Waals surface area contributed by atoms with Crippen molar-refractivity contribution in [3.8, 4) is 0 Å². The summed E-state index contributed by atoms with van der Waals surface area (Å²) in [5.41, 5.74) is 8.39. The predicted molar refractivity (Wildman–Crippen MR) is 56.9 cm³/mol. The van der Waals surface area contributed by atoms with Gasteiger partial charge in [-0.25, -0.2) is 0 Å². The van der Waals surface area contributed by atoms with Gasteiger partial charge in [0.1, 0.15) is 5.82 Å². The molecule has 2 heterocycles. The lowest BCUT2D eigenvalue weighted by Gasteiger charge is -2.26. The molecule has 1 aromatic rings. The van der Waals surface area contributed by atoms with Crippen molar-refractivity contribution < 1.29 is 0 Å². The monoisotopic (exact) mass is 194 g/mol. The summed E-state index contributed by atoms with van der Waals surface area (Å²) in [7, 11) is 1.98. The second-order valence-electron chi connectivity index (χ2n) is 3.96. The number of nitrogens with zero attached hydrogens (tertiary/aromatic N) is 3. The van der Waals surface area contributed by atoms with Gasteiger partial charge in [0.05, 0.1) is 5.69 Å². The lowest BCUT2D eigenvalue weighted by atomic mass is 10.1. The summed E-state index contributed by atoms with van der Waals surface area (Å²) in [4.78, 5) is 2.46. The first kappa shape index (κ1) is 9.52. The van der Waals surface area contributed by atoms with E-state index in [9.17, 15) is 0 Å². The van der Waals surface area contributed by atoms with Crippen LogP contribution < -0.4 is 5.73 Å². The molecule has 2 rings (SSSR count). The standard InChI is InChI=1S/C10H18N4/c1-3-5-14-6-4-8-9(7-14)13(2)12-10(8)11/h3-7H2,1-2H3,(H2,11,12). The smallest absolute Gasteiger partial charge is 0.149 e. The highest BCUT2D eigenvalue weighted by molar-refractivity contribution is 5.43. The van der Waals surface area contributed by atoms with Gasteiger partial charge in [-0.05, 0) is 19.4 Å². The Morgan fingerprint density at radius 1 is 1.50 bits per heavy atom. The van der Waals surface area contributed by atoms with Crippen molar-refractivity contribution in [2.45, 2.75) is 26.3 Å². The number of hydrogen-bond acceptors (Lipinski definition) is 3. The first-order chi connectivity index (χ1) is 6.72. The van der Waals surface area contributed by atoms with Gasteiger partial charge in [0.2, 0.25) is 0 Å². The zero-order valence-corrected chi connectivity index (χ0v) is 8.95. The molecule has 0 unspecified atom stereocenters. The molecule has 0 fully saturated rings. The number of nitrogen functional groups attached to an aromatic ring is 1. The highest BCUT2D eigenvalue weighted by Gasteiger charge is 2.21. The van der Waals surface area contributed by atoms with Gasteiger partial charge in [-0.2, -0.15) is 5.10 Å². The van der Waals surface area contributed by atoms with Crippen molar-refractivity contribution in [3.63, 3.8) is 0 Å². The van der Waals surface area contributed by atoms with Crippen LogP contribution in [0.3, 0.4) is 0 Å². The Kier molecular flexibility index (Phi) is 2.46. The minimum Gasteiger partial charge on any atom is -0.382 e. The molecule has 0 aliphatic carbocycles. The summed E-state index contributed by atoms with van der Waals surface area (Å²) in [6.07, 6.45) is 2.26. The van der Waals surface area contributed by atoms with Crippen LogP contribution in [-0.2, 0) is 20.0 Å². The lowest BCUT2D eigenvalue weighted by Crippen LogP contribution is -2.32. The average molecular weight is 194 g/mol. The van der Waals surface area contributed by atoms with Crippen LogP contribution in [-0.4, -0.2) is 27.8 Å². The second-order valence-corrected chi connectivity index (χ2v) is 3.96. The van der Waals surface area contributed by atoms with Gasteiger partial charge in [-0.1, -0.05) is 6.92 Å². The molecule has 0 bridgehead atoms. The summed E-state index contributed by atoms with van der Waals surface area (Å²) < 4.78 is 1.92. The Labute approximate surface area is 84.7 Å². The number of fused-ring (bicyclic) bond motifs is 1. The minimum atomic E-state index is 0.721. The van der Waals surface area contributed by atoms with E-state index in [1.807, 2.05) is 11.7 Å². The van der Waals surface area contributed by atoms with Gasteiger partial charge in [0.15, 0.2) is 0 Å². The van der Waals surface area contributed by atoms with Crippen molar-refractivity contribution in [3.05, 3.63) is 11.3 Å². The zero-order valence-electron chi connectivity index (χ0n) is 8.95. The zero-order chi connectivity index (χ0) is 10.1. The van der Waals surface area contributed by atoms with E-state index in [0.29, 0.717) is 0 Å². The van der Waals surface area contributed by atoms with Gasteiger partial charge in [0.25, 0.3) is 0 Å². The molecular formula is C10H18N4. The molecule has 0 saturated heterocycles. The van der Waals surface area contributed by atoms with Gasteiger partial charge in [-0.15, -0.1) is 0 Å². The molecule has 1 aromatic heterocycles. The van der Waals surface area contributed by atoms with Crippen molar-refractivity contribution in [1.29, 1.82) is 0 Å². The lowest BCUT2D eigenvalue weighted by molar-refractivity contribution is 0.247. The minimum absolute atomic E-state index is 0.721. The third-order valence-electron chi connectivity index (χ3n) is 2.90. The molecule has 0 spiro atoms. The van der Waals surface area contributed by atoms with Crippen LogP contribution in [0, 0.1) is 0 Å². The maximum absolute atomic E-state index is 5.83. The molecule has 78 valence electrons. The molecule has 0 amide bonds. The number of nitrogens with two attached hydrogens (primary N) is 1. The van der Waals surface area contributed by atoms with Crippen LogP contribution in [0.4, 0.5) is 5.82 Å². The SMILES string of the molecule is CCCN1CCc2c(N)nn(C)c2C1. The molecule has 0 atom stereocenters. The Morgan fingerprint density at radius 3 is 3.00 bits per heavy atom. The van der Waals surface area contributed by atoms with E-state index < -0.39 is 0 Å². The molecular weight excluding hydrogens is 176 g/mol. The number of anilines is 1. The van der Waals surface area contributed by atoms with Crippen molar-refractivity contribution in [1.82, 2.24) is 14.7 Å². The molecule has 2 N–H and O–H groups in total. The highest BCUT2D eigenvalue weighted by Crippen LogP contribution is 2.22. The number of aryl methyl sites for hydroxylation is 1. The third-order valence-corrected chi connectivity index (χ3v) is 2.90. The van der Waals surface area contributed by atoms with Crippen molar-refractivity contribution in [2.24, 2.45) is 7.05 Å². The summed E-state index contributed by atoms with van der Waals surface area (Å²) in [5, 5.41) is 4.26. The summed E-state index contributed by atoms with van der Waals surface area (Å²) in [6, 6.07) is 0. The number of aromatic nitrogens is 2. The molecule has 1 aliphatic rings. The van der Waals surface area contributed by atoms with E-state index in [4.69, 9.17) is 5.73 Å². The van der Waals surface area contributed by atoms with Crippen molar-refractivity contribution in [2.75, 3.05) is 18.8 Å². The van der Waals surface area contributed by atoms with Gasteiger partial charge in [0, 0.05) is 25.7 Å². The Morgan fingerprint density at radius 2 is 2.29 bits per heavy atom. The maximum atomic E-state index is 5.83. The van der Waals surface area contributed by atoms with Crippen LogP contribution in [0.5, 0.6) is 0 Å². The summed E-state index contributed by atoms with van der Waals surface area (Å²) >= 11 is 0. The Hall–Kier alpha value is -1.03.